The smallest absolute Gasteiger partial charge is 0.417 e. The van der Waals surface area contributed by atoms with Crippen LogP contribution in [0, 0.1) is 12.8 Å². The number of imide groups is 1. The number of benzene rings is 4. The predicted octanol–water partition coefficient (Wildman–Crippen LogP) is 6.50. The van der Waals surface area contributed by atoms with Crippen molar-refractivity contribution < 1.29 is 62.2 Å². The van der Waals surface area contributed by atoms with Gasteiger partial charge in [-0.25, -0.2) is 9.69 Å². The van der Waals surface area contributed by atoms with Crippen LogP contribution in [-0.4, -0.2) is 103 Å². The number of ether oxygens (including phenoxy) is 7. The van der Waals surface area contributed by atoms with Crippen LogP contribution in [0.25, 0.3) is 5.57 Å². The Balaban J connectivity index is 1.20. The highest BCUT2D eigenvalue weighted by Gasteiger charge is 2.49. The number of aliphatic hydroxyl groups is 1. The first-order valence-electron chi connectivity index (χ1n) is 21.3. The first-order valence-corrected chi connectivity index (χ1v) is 21.3. The molecule has 4 aromatic carbocycles. The molecule has 2 heterocycles. The van der Waals surface area contributed by atoms with E-state index in [-0.39, 0.29) is 51.4 Å². The Labute approximate surface area is 373 Å². The lowest BCUT2D eigenvalue weighted by Crippen LogP contribution is -2.61. The second-order valence-corrected chi connectivity index (χ2v) is 15.7. The van der Waals surface area contributed by atoms with Gasteiger partial charge in [0.2, 0.25) is 5.91 Å². The van der Waals surface area contributed by atoms with Crippen molar-refractivity contribution in [3.05, 3.63) is 149 Å². The number of Topliss-reactive ketones (excluding diaryl/α,β-unsaturated/α-hetero) is 1. The number of nitrogens with zero attached hydrogens (tertiary/aromatic N) is 1. The third-order valence-corrected chi connectivity index (χ3v) is 11.1. The molecule has 1 N–H and O–H groups in total. The summed E-state index contributed by atoms with van der Waals surface area (Å²) in [5, 5.41) is 10.4. The molecule has 2 aliphatic rings. The van der Waals surface area contributed by atoms with Gasteiger partial charge in [0.1, 0.15) is 37.1 Å². The maximum absolute atomic E-state index is 14.2. The fourth-order valence-corrected chi connectivity index (χ4v) is 7.78. The number of esters is 1. The Bertz CT molecular complexity index is 2220. The summed E-state index contributed by atoms with van der Waals surface area (Å²) in [6.45, 7) is 4.33. The molecule has 2 amide bonds. The molecule has 0 spiro atoms. The van der Waals surface area contributed by atoms with Crippen LogP contribution in [0.5, 0.6) is 0 Å². The summed E-state index contributed by atoms with van der Waals surface area (Å²) in [7, 11) is 1.46. The number of hydrogen-bond donors (Lipinski definition) is 1. The number of carbonyl (C=O) groups excluding carboxylic acids is 5. The fraction of sp³-hybridized carbons (Fsp3) is 0.380. The van der Waals surface area contributed by atoms with Crippen molar-refractivity contribution in [1.29, 1.82) is 0 Å². The lowest BCUT2D eigenvalue weighted by atomic mass is 9.92. The summed E-state index contributed by atoms with van der Waals surface area (Å²) in [4.78, 5) is 68.6. The van der Waals surface area contributed by atoms with Gasteiger partial charge in [0.15, 0.2) is 24.0 Å². The van der Waals surface area contributed by atoms with E-state index in [1.807, 2.05) is 73.7 Å². The molecule has 14 nitrogen and oxygen atoms in total. The molecule has 0 radical (unpaired) electrons. The van der Waals surface area contributed by atoms with E-state index in [4.69, 9.17) is 33.2 Å². The summed E-state index contributed by atoms with van der Waals surface area (Å²) in [5.41, 5.74) is 3.76. The highest BCUT2D eigenvalue weighted by Crippen LogP contribution is 2.33. The van der Waals surface area contributed by atoms with Crippen LogP contribution in [0.3, 0.4) is 0 Å². The molecule has 338 valence electrons. The number of amides is 2. The first-order chi connectivity index (χ1) is 31.0. The summed E-state index contributed by atoms with van der Waals surface area (Å²) >= 11 is 0. The third-order valence-electron chi connectivity index (χ3n) is 11.1. The number of hydrogen-bond acceptors (Lipinski definition) is 13. The highest BCUT2D eigenvalue weighted by atomic mass is 16.7. The van der Waals surface area contributed by atoms with Gasteiger partial charge in [0.05, 0.1) is 25.7 Å². The van der Waals surface area contributed by atoms with Crippen molar-refractivity contribution in [3.8, 4) is 0 Å². The second kappa shape index (κ2) is 23.2. The molecule has 14 heteroatoms. The number of carbonyl (C=O) groups is 5. The SMILES string of the molecule is CO[C@H]1O[C@H](CO)[C@@H](OCc2ccccc2)[C@H](OCc2ccccc2)[C@@H]1OCCCC(=O)C(=CC(=O)[C@H](OC(C)=O)[C@@H](C)C(=O)N1C(=O)OC[C@H]1c1ccccc1)c1cccc(C)c1. The van der Waals surface area contributed by atoms with Gasteiger partial charge in [-0.2, -0.15) is 0 Å². The number of aliphatic hydroxyl groups excluding tert-OH is 1. The molecule has 0 unspecified atom stereocenters. The normalized spacial score (nSPS) is 22.0. The zero-order valence-corrected chi connectivity index (χ0v) is 36.4. The fourth-order valence-electron chi connectivity index (χ4n) is 7.78. The number of ketones is 2. The molecule has 2 saturated heterocycles. The monoisotopic (exact) mass is 877 g/mol. The number of aryl methyl sites for hydroxylation is 1. The lowest BCUT2D eigenvalue weighted by molar-refractivity contribution is -0.319. The molecule has 6 rings (SSSR count). The van der Waals surface area contributed by atoms with Crippen molar-refractivity contribution in [1.82, 2.24) is 4.90 Å². The average molecular weight is 878 g/mol. The number of cyclic esters (lactones) is 1. The molecular formula is C50H55NO13. The van der Waals surface area contributed by atoms with E-state index in [9.17, 15) is 29.1 Å². The highest BCUT2D eigenvalue weighted by molar-refractivity contribution is 6.25. The zero-order chi connectivity index (χ0) is 45.6. The predicted molar refractivity (Wildman–Crippen MR) is 233 cm³/mol. The van der Waals surface area contributed by atoms with Crippen LogP contribution in [-0.2, 0) is 65.5 Å². The van der Waals surface area contributed by atoms with Crippen LogP contribution in [0.15, 0.2) is 121 Å². The van der Waals surface area contributed by atoms with Crippen LogP contribution < -0.4 is 0 Å². The Morgan fingerprint density at radius 2 is 1.45 bits per heavy atom. The van der Waals surface area contributed by atoms with Crippen molar-refractivity contribution in [3.63, 3.8) is 0 Å². The van der Waals surface area contributed by atoms with Gasteiger partial charge in [-0.05, 0) is 48.6 Å². The van der Waals surface area contributed by atoms with Crippen molar-refractivity contribution >= 4 is 35.1 Å². The van der Waals surface area contributed by atoms with Gasteiger partial charge in [0.25, 0.3) is 0 Å². The number of rotatable bonds is 21. The molecular weight excluding hydrogens is 823 g/mol. The largest absolute Gasteiger partial charge is 0.453 e. The summed E-state index contributed by atoms with van der Waals surface area (Å²) < 4.78 is 41.9. The Hall–Kier alpha value is -5.87. The van der Waals surface area contributed by atoms with E-state index < -0.39 is 78.3 Å². The topological polar surface area (TPSA) is 173 Å². The maximum atomic E-state index is 14.2. The van der Waals surface area contributed by atoms with Gasteiger partial charge < -0.3 is 38.3 Å². The first kappa shape index (κ1) is 47.6. The van der Waals surface area contributed by atoms with E-state index in [0.29, 0.717) is 11.1 Å². The van der Waals surface area contributed by atoms with E-state index in [1.165, 1.54) is 14.0 Å². The zero-order valence-electron chi connectivity index (χ0n) is 36.4. The van der Waals surface area contributed by atoms with Gasteiger partial charge in [0, 0.05) is 32.6 Å². The molecule has 0 aromatic heterocycles. The summed E-state index contributed by atoms with van der Waals surface area (Å²) in [6.07, 6.45) is -5.51. The minimum atomic E-state index is -1.67. The van der Waals surface area contributed by atoms with Gasteiger partial charge >= 0.3 is 12.1 Å². The molecule has 0 bridgehead atoms. The van der Waals surface area contributed by atoms with Gasteiger partial charge in [-0.15, -0.1) is 0 Å². The second-order valence-electron chi connectivity index (χ2n) is 15.7. The van der Waals surface area contributed by atoms with Crippen molar-refractivity contribution in [2.75, 3.05) is 26.9 Å². The third kappa shape index (κ3) is 12.2. The van der Waals surface area contributed by atoms with Gasteiger partial charge in [-0.1, -0.05) is 121 Å². The molecule has 0 aliphatic carbocycles. The van der Waals surface area contributed by atoms with Crippen LogP contribution >= 0.6 is 0 Å². The van der Waals surface area contributed by atoms with E-state index in [0.717, 1.165) is 34.6 Å². The molecule has 2 aliphatic heterocycles. The molecule has 2 fully saturated rings. The summed E-state index contributed by atoms with van der Waals surface area (Å²) in [5.74, 6) is -4.18. The van der Waals surface area contributed by atoms with Crippen LogP contribution in [0.4, 0.5) is 4.79 Å². The number of allylic oxidation sites excluding steroid dienone is 1. The van der Waals surface area contributed by atoms with Gasteiger partial charge in [-0.3, -0.25) is 19.2 Å². The Morgan fingerprint density at radius 1 is 0.828 bits per heavy atom. The quantitative estimate of drug-likeness (QED) is 0.0546. The molecule has 0 saturated carbocycles. The number of methoxy groups -OCH3 is 1. The van der Waals surface area contributed by atoms with Crippen LogP contribution in [0.2, 0.25) is 0 Å². The van der Waals surface area contributed by atoms with E-state index in [2.05, 4.69) is 0 Å². The molecule has 8 atom stereocenters. The van der Waals surface area contributed by atoms with Crippen molar-refractivity contribution in [2.45, 2.75) is 89.7 Å². The van der Waals surface area contributed by atoms with Crippen molar-refractivity contribution in [2.24, 2.45) is 5.92 Å². The lowest BCUT2D eigenvalue weighted by Gasteiger charge is -2.45. The Morgan fingerprint density at radius 3 is 2.05 bits per heavy atom. The Kier molecular flexibility index (Phi) is 17.2. The maximum Gasteiger partial charge on any atom is 0.417 e. The molecule has 4 aromatic rings. The van der Waals surface area contributed by atoms with E-state index in [1.54, 1.807) is 48.5 Å². The molecule has 64 heavy (non-hydrogen) atoms. The van der Waals surface area contributed by atoms with Crippen LogP contribution in [0.1, 0.15) is 60.5 Å². The summed E-state index contributed by atoms with van der Waals surface area (Å²) in [6, 6.07) is 34.2. The standard InChI is InChI=1S/C50H55NO13/c1-32-16-14-23-38(26-32)39(27-42(55)44(63-34(3)53)33(2)48(56)51-40(31-62-50(51)57)37-21-12-7-13-22-37)41(54)24-15-25-59-47-46(61-30-36-19-10-6-11-20-36)45(43(28-52)64-49(47)58-4)60-29-35-17-8-5-9-18-35/h5-14,16-23,26-27,33,40,43-47,49,52H,15,24-25,28-31H2,1-4H3/t33-,40+,43-,44-,45-,46+,47+,49+/m1/s1. The minimum Gasteiger partial charge on any atom is -0.453 e. The minimum absolute atomic E-state index is 0.0329. The van der Waals surface area contributed by atoms with E-state index >= 15 is 0 Å². The average Bonchev–Trinajstić information content (AvgIpc) is 3.70.